The van der Waals surface area contributed by atoms with Gasteiger partial charge >= 0.3 is 6.03 Å². The van der Waals surface area contributed by atoms with E-state index in [0.717, 1.165) is 26.9 Å². The zero-order valence-corrected chi connectivity index (χ0v) is 18.7. The molecule has 0 unspecified atom stereocenters. The third-order valence-electron chi connectivity index (χ3n) is 4.71. The number of ether oxygens (including phenoxy) is 1. The minimum Gasteiger partial charge on any atom is -0.383 e. The Kier molecular flexibility index (Phi) is 8.25. The molecule has 30 heavy (non-hydrogen) atoms. The van der Waals surface area contributed by atoms with Crippen LogP contribution in [0.25, 0.3) is 0 Å². The van der Waals surface area contributed by atoms with Crippen LogP contribution in [0.5, 0.6) is 0 Å². The van der Waals surface area contributed by atoms with Gasteiger partial charge in [0.25, 0.3) is 0 Å². The summed E-state index contributed by atoms with van der Waals surface area (Å²) in [4.78, 5) is 15.9. The van der Waals surface area contributed by atoms with Crippen LogP contribution in [0.3, 0.4) is 0 Å². The van der Waals surface area contributed by atoms with Gasteiger partial charge in [-0.2, -0.15) is 0 Å². The summed E-state index contributed by atoms with van der Waals surface area (Å²) in [5.41, 5.74) is 2.93. The van der Waals surface area contributed by atoms with Crippen molar-refractivity contribution in [3.8, 4) is 0 Å². The number of carbonyl (C=O) groups excluding carboxylic acids is 1. The number of hydrogen-bond acceptors (Lipinski definition) is 3. The second kappa shape index (κ2) is 11.1. The first-order valence-electron chi connectivity index (χ1n) is 9.66. The van der Waals surface area contributed by atoms with Crippen LogP contribution in [0.4, 0.5) is 10.5 Å². The van der Waals surface area contributed by atoms with Crippen molar-refractivity contribution in [2.45, 2.75) is 18.0 Å². The van der Waals surface area contributed by atoms with E-state index in [1.165, 1.54) is 0 Å². The maximum absolute atomic E-state index is 12.9. The lowest BCUT2D eigenvalue weighted by Crippen LogP contribution is -2.37. The van der Waals surface area contributed by atoms with Crippen LogP contribution in [-0.4, -0.2) is 42.0 Å². The lowest BCUT2D eigenvalue weighted by molar-refractivity contribution is 0.152. The molecule has 2 amide bonds. The summed E-state index contributed by atoms with van der Waals surface area (Å²) in [6.07, 6.45) is 4.04. The summed E-state index contributed by atoms with van der Waals surface area (Å²) in [6.45, 7) is 2.13. The molecule has 0 spiro atoms. The number of urea groups is 1. The van der Waals surface area contributed by atoms with Gasteiger partial charge < -0.3 is 19.5 Å². The van der Waals surface area contributed by atoms with Crippen molar-refractivity contribution in [2.75, 3.05) is 31.8 Å². The summed E-state index contributed by atoms with van der Waals surface area (Å²) in [5, 5.41) is 3.70. The van der Waals surface area contributed by atoms with E-state index in [-0.39, 0.29) is 6.03 Å². The zero-order chi connectivity index (χ0) is 21.3. The molecule has 0 fully saturated rings. The topological polar surface area (TPSA) is 46.5 Å². The van der Waals surface area contributed by atoms with Crippen LogP contribution in [0, 0.1) is 0 Å². The van der Waals surface area contributed by atoms with Gasteiger partial charge in [0, 0.05) is 47.7 Å². The Labute approximate surface area is 187 Å². The number of methoxy groups -OCH3 is 1. The Bertz CT molecular complexity index is 959. The van der Waals surface area contributed by atoms with Crippen molar-refractivity contribution >= 4 is 35.1 Å². The maximum Gasteiger partial charge on any atom is 0.322 e. The Morgan fingerprint density at radius 2 is 1.97 bits per heavy atom. The van der Waals surface area contributed by atoms with E-state index < -0.39 is 0 Å². The van der Waals surface area contributed by atoms with Crippen LogP contribution in [0.2, 0.25) is 5.02 Å². The van der Waals surface area contributed by atoms with Crippen LogP contribution in [-0.2, 0) is 17.8 Å². The van der Waals surface area contributed by atoms with E-state index in [4.69, 9.17) is 16.3 Å². The number of carbonyl (C=O) groups is 1. The van der Waals surface area contributed by atoms with Crippen LogP contribution >= 0.6 is 23.4 Å². The highest BCUT2D eigenvalue weighted by Crippen LogP contribution is 2.19. The molecule has 0 radical (unpaired) electrons. The first kappa shape index (κ1) is 22.3. The first-order chi connectivity index (χ1) is 14.6. The third-order valence-corrected chi connectivity index (χ3v) is 5.69. The van der Waals surface area contributed by atoms with E-state index in [1.807, 2.05) is 73.1 Å². The fraction of sp³-hybridized carbons (Fsp3) is 0.261. The third kappa shape index (κ3) is 6.29. The number of thioether (sulfide) groups is 1. The van der Waals surface area contributed by atoms with E-state index in [0.29, 0.717) is 26.2 Å². The average molecular weight is 444 g/mol. The normalized spacial score (nSPS) is 10.8. The maximum atomic E-state index is 12.9. The molecule has 158 valence electrons. The Morgan fingerprint density at radius 1 is 1.17 bits per heavy atom. The molecule has 0 bridgehead atoms. The van der Waals surface area contributed by atoms with E-state index in [1.54, 1.807) is 23.8 Å². The fourth-order valence-corrected chi connectivity index (χ4v) is 3.73. The molecule has 0 aliphatic carbocycles. The lowest BCUT2D eigenvalue weighted by Gasteiger charge is -2.24. The Morgan fingerprint density at radius 3 is 2.67 bits per heavy atom. The zero-order valence-electron chi connectivity index (χ0n) is 17.2. The van der Waals surface area contributed by atoms with Crippen LogP contribution < -0.4 is 5.32 Å². The first-order valence-corrected chi connectivity index (χ1v) is 11.3. The average Bonchev–Trinajstić information content (AvgIpc) is 3.18. The molecule has 1 aromatic heterocycles. The number of anilines is 1. The molecule has 1 heterocycles. The number of benzene rings is 2. The van der Waals surface area contributed by atoms with Gasteiger partial charge in [-0.3, -0.25) is 0 Å². The highest BCUT2D eigenvalue weighted by molar-refractivity contribution is 7.98. The second-order valence-corrected chi connectivity index (χ2v) is 8.15. The molecular formula is C23H26ClN3O2S. The van der Waals surface area contributed by atoms with Gasteiger partial charge in [0.05, 0.1) is 13.2 Å². The second-order valence-electron chi connectivity index (χ2n) is 6.83. The molecule has 2 aromatic carbocycles. The smallest absolute Gasteiger partial charge is 0.322 e. The van der Waals surface area contributed by atoms with Crippen LogP contribution in [0.15, 0.2) is 71.8 Å². The standard InChI is InChI=1S/C23H26ClN3O2S/c1-29-14-13-27(23(28)25-20-8-10-22(30-2)11-9-20)17-21-7-4-12-26(21)16-18-5-3-6-19(24)15-18/h3-12,15H,13-14,16-17H2,1-2H3,(H,25,28). The molecular weight excluding hydrogens is 418 g/mol. The van der Waals surface area contributed by atoms with Gasteiger partial charge in [-0.1, -0.05) is 23.7 Å². The van der Waals surface area contributed by atoms with Gasteiger partial charge in [0.2, 0.25) is 0 Å². The van der Waals surface area contributed by atoms with Crippen molar-refractivity contribution in [3.63, 3.8) is 0 Å². The minimum absolute atomic E-state index is 0.153. The number of nitrogens with zero attached hydrogens (tertiary/aromatic N) is 2. The molecule has 3 rings (SSSR count). The Balaban J connectivity index is 1.71. The van der Waals surface area contributed by atoms with E-state index >= 15 is 0 Å². The quantitative estimate of drug-likeness (QED) is 0.438. The van der Waals surface area contributed by atoms with E-state index in [9.17, 15) is 4.79 Å². The van der Waals surface area contributed by atoms with Gasteiger partial charge in [0.1, 0.15) is 0 Å². The summed E-state index contributed by atoms with van der Waals surface area (Å²) in [7, 11) is 1.64. The largest absolute Gasteiger partial charge is 0.383 e. The molecule has 3 aromatic rings. The fourth-order valence-electron chi connectivity index (χ4n) is 3.11. The van der Waals surface area contributed by atoms with Crippen molar-refractivity contribution in [1.82, 2.24) is 9.47 Å². The summed E-state index contributed by atoms with van der Waals surface area (Å²) in [5.74, 6) is 0. The molecule has 5 nitrogen and oxygen atoms in total. The lowest BCUT2D eigenvalue weighted by atomic mass is 10.2. The van der Waals surface area contributed by atoms with Crippen molar-refractivity contribution in [3.05, 3.63) is 83.1 Å². The molecule has 0 aliphatic heterocycles. The van der Waals surface area contributed by atoms with Gasteiger partial charge in [-0.15, -0.1) is 11.8 Å². The monoisotopic (exact) mass is 443 g/mol. The summed E-state index contributed by atoms with van der Waals surface area (Å²) in [6, 6.07) is 19.5. The van der Waals surface area contributed by atoms with Crippen LogP contribution in [0.1, 0.15) is 11.3 Å². The van der Waals surface area contributed by atoms with Gasteiger partial charge in [-0.05, 0) is 60.4 Å². The predicted molar refractivity (Wildman–Crippen MR) is 125 cm³/mol. The molecule has 0 saturated heterocycles. The summed E-state index contributed by atoms with van der Waals surface area (Å²) < 4.78 is 7.35. The number of halogens is 1. The van der Waals surface area contributed by atoms with Crippen molar-refractivity contribution in [2.24, 2.45) is 0 Å². The Hall–Kier alpha value is -2.41. The number of hydrogen-bond donors (Lipinski definition) is 1. The highest BCUT2D eigenvalue weighted by Gasteiger charge is 2.16. The van der Waals surface area contributed by atoms with Gasteiger partial charge in [-0.25, -0.2) is 4.79 Å². The number of aromatic nitrogens is 1. The molecule has 0 aliphatic rings. The molecule has 1 N–H and O–H groups in total. The van der Waals surface area contributed by atoms with E-state index in [2.05, 4.69) is 9.88 Å². The SMILES string of the molecule is COCCN(Cc1cccn1Cc1cccc(Cl)c1)C(=O)Nc1ccc(SC)cc1. The minimum atomic E-state index is -0.153. The predicted octanol–water partition coefficient (Wildman–Crippen LogP) is 5.59. The molecule has 7 heteroatoms. The number of nitrogens with one attached hydrogen (secondary N) is 1. The highest BCUT2D eigenvalue weighted by atomic mass is 35.5. The van der Waals surface area contributed by atoms with Crippen molar-refractivity contribution < 1.29 is 9.53 Å². The molecule has 0 atom stereocenters. The molecule has 0 saturated carbocycles. The summed E-state index contributed by atoms with van der Waals surface area (Å²) >= 11 is 7.79. The van der Waals surface area contributed by atoms with Gasteiger partial charge in [0.15, 0.2) is 0 Å². The number of rotatable bonds is 9. The van der Waals surface area contributed by atoms with Crippen molar-refractivity contribution in [1.29, 1.82) is 0 Å². The number of amides is 2.